The zero-order valence-corrected chi connectivity index (χ0v) is 28.9. The average Bonchev–Trinajstić information content (AvgIpc) is 3.44. The average molecular weight is 721 g/mol. The molecule has 2 unspecified atom stereocenters. The zero-order valence-electron chi connectivity index (χ0n) is 28.9. The summed E-state index contributed by atoms with van der Waals surface area (Å²) in [5, 5.41) is 2.75. The smallest absolute Gasteiger partial charge is 0.343 e. The van der Waals surface area contributed by atoms with Crippen LogP contribution in [0.1, 0.15) is 50.8 Å². The Balaban J connectivity index is 0.945. The molecule has 1 aliphatic carbocycles. The second-order valence-corrected chi connectivity index (χ2v) is 12.7. The predicted octanol–water partition coefficient (Wildman–Crippen LogP) is 7.43. The molecule has 0 spiro atoms. The number of nitrogens with zero attached hydrogens (tertiary/aromatic N) is 1. The second-order valence-electron chi connectivity index (χ2n) is 12.7. The third-order valence-corrected chi connectivity index (χ3v) is 9.05. The molecule has 1 aliphatic heterocycles. The van der Waals surface area contributed by atoms with Gasteiger partial charge in [0.25, 0.3) is 5.91 Å². The first-order valence-corrected chi connectivity index (χ1v) is 17.1. The first kappa shape index (κ1) is 35.3. The van der Waals surface area contributed by atoms with Gasteiger partial charge in [0.1, 0.15) is 17.2 Å². The standard InChI is InChI=1S/C43H32N2O9/c1-26(46)52-34-20-14-27(15-21-34)28-16-22-35(23-17-28)53-43(51)31-7-4-6-30(24-31)39(47)44-32-8-5-9-36(25-32)54-42(50)29-12-18-33(19-13-29)45-40(48)37-10-2-3-11-38(37)41(45)49/h2-9,12-25,37-38H,10-11H2,1H3,(H,44,47). The van der Waals surface area contributed by atoms with Crippen LogP contribution in [-0.4, -0.2) is 35.6 Å². The van der Waals surface area contributed by atoms with Gasteiger partial charge >= 0.3 is 17.9 Å². The fourth-order valence-electron chi connectivity index (χ4n) is 6.36. The van der Waals surface area contributed by atoms with Gasteiger partial charge in [0, 0.05) is 24.2 Å². The first-order valence-electron chi connectivity index (χ1n) is 17.1. The van der Waals surface area contributed by atoms with Crippen molar-refractivity contribution in [1.82, 2.24) is 0 Å². The Bertz CT molecular complexity index is 2290. The molecule has 1 fully saturated rings. The molecule has 7 rings (SSSR count). The zero-order chi connectivity index (χ0) is 37.8. The number of carbonyl (C=O) groups is 6. The molecule has 11 nitrogen and oxygen atoms in total. The van der Waals surface area contributed by atoms with Crippen LogP contribution in [0.4, 0.5) is 11.4 Å². The van der Waals surface area contributed by atoms with Gasteiger partial charge in [-0.3, -0.25) is 24.1 Å². The number of hydrogen-bond donors (Lipinski definition) is 1. The molecule has 5 aromatic carbocycles. The normalized spacial score (nSPS) is 16.0. The lowest BCUT2D eigenvalue weighted by Gasteiger charge is -2.15. The summed E-state index contributed by atoms with van der Waals surface area (Å²) in [4.78, 5) is 77.3. The summed E-state index contributed by atoms with van der Waals surface area (Å²) in [6.45, 7) is 1.33. The number of esters is 3. The van der Waals surface area contributed by atoms with Crippen LogP contribution >= 0.6 is 0 Å². The van der Waals surface area contributed by atoms with Crippen molar-refractivity contribution in [3.05, 3.63) is 150 Å². The van der Waals surface area contributed by atoms with Crippen molar-refractivity contribution in [2.45, 2.75) is 19.8 Å². The van der Waals surface area contributed by atoms with Crippen LogP contribution in [0.3, 0.4) is 0 Å². The van der Waals surface area contributed by atoms with Gasteiger partial charge in [-0.25, -0.2) is 9.59 Å². The van der Waals surface area contributed by atoms with E-state index in [2.05, 4.69) is 5.32 Å². The number of rotatable bonds is 9. The minimum Gasteiger partial charge on any atom is -0.427 e. The van der Waals surface area contributed by atoms with E-state index in [9.17, 15) is 28.8 Å². The minimum absolute atomic E-state index is 0.162. The van der Waals surface area contributed by atoms with Crippen LogP contribution in [0.2, 0.25) is 0 Å². The van der Waals surface area contributed by atoms with Gasteiger partial charge < -0.3 is 19.5 Å². The summed E-state index contributed by atoms with van der Waals surface area (Å²) in [6.07, 6.45) is 4.92. The molecule has 1 N–H and O–H groups in total. The van der Waals surface area contributed by atoms with E-state index in [1.165, 1.54) is 42.2 Å². The molecular formula is C43H32N2O9. The number of benzene rings is 5. The maximum Gasteiger partial charge on any atom is 0.343 e. The van der Waals surface area contributed by atoms with E-state index in [4.69, 9.17) is 14.2 Å². The number of allylic oxidation sites excluding steroid dienone is 2. The summed E-state index contributed by atoms with van der Waals surface area (Å²) in [7, 11) is 0. The van der Waals surface area contributed by atoms with Gasteiger partial charge in [-0.1, -0.05) is 48.6 Å². The Hall–Kier alpha value is -7.14. The van der Waals surface area contributed by atoms with Crippen molar-refractivity contribution in [2.24, 2.45) is 11.8 Å². The molecule has 3 amide bonds. The first-order chi connectivity index (χ1) is 26.1. The van der Waals surface area contributed by atoms with E-state index < -0.39 is 23.8 Å². The molecule has 54 heavy (non-hydrogen) atoms. The number of imide groups is 1. The van der Waals surface area contributed by atoms with Gasteiger partial charge in [-0.15, -0.1) is 0 Å². The van der Waals surface area contributed by atoms with Crippen LogP contribution in [0, 0.1) is 11.8 Å². The lowest BCUT2D eigenvalue weighted by Crippen LogP contribution is -2.30. The molecular weight excluding hydrogens is 688 g/mol. The Labute approximate surface area is 309 Å². The van der Waals surface area contributed by atoms with Crippen molar-refractivity contribution < 1.29 is 43.0 Å². The molecule has 5 aromatic rings. The molecule has 268 valence electrons. The molecule has 11 heteroatoms. The number of ether oxygens (including phenoxy) is 3. The van der Waals surface area contributed by atoms with Crippen molar-refractivity contribution in [1.29, 1.82) is 0 Å². The van der Waals surface area contributed by atoms with Crippen LogP contribution in [0.25, 0.3) is 11.1 Å². The Morgan fingerprint density at radius 3 is 1.72 bits per heavy atom. The van der Waals surface area contributed by atoms with Gasteiger partial charge in [0.05, 0.1) is 28.7 Å². The summed E-state index contributed by atoms with van der Waals surface area (Å²) in [5.74, 6) is -2.49. The number of anilines is 2. The van der Waals surface area contributed by atoms with Gasteiger partial charge in [-0.2, -0.15) is 0 Å². The molecule has 2 atom stereocenters. The van der Waals surface area contributed by atoms with Crippen molar-refractivity contribution >= 4 is 47.0 Å². The fraction of sp³-hybridized carbons (Fsp3) is 0.116. The van der Waals surface area contributed by atoms with E-state index in [-0.39, 0.29) is 46.1 Å². The molecule has 1 heterocycles. The fourth-order valence-corrected chi connectivity index (χ4v) is 6.36. The van der Waals surface area contributed by atoms with Crippen LogP contribution in [0.5, 0.6) is 17.2 Å². The van der Waals surface area contributed by atoms with E-state index >= 15 is 0 Å². The highest BCUT2D eigenvalue weighted by Gasteiger charge is 2.47. The molecule has 0 aromatic heterocycles. The summed E-state index contributed by atoms with van der Waals surface area (Å²) in [6, 6.07) is 32.3. The third-order valence-electron chi connectivity index (χ3n) is 9.05. The number of amides is 3. The van der Waals surface area contributed by atoms with Crippen molar-refractivity contribution in [3.63, 3.8) is 0 Å². The lowest BCUT2D eigenvalue weighted by atomic mass is 9.85. The van der Waals surface area contributed by atoms with Crippen molar-refractivity contribution in [2.75, 3.05) is 10.2 Å². The van der Waals surface area contributed by atoms with Crippen molar-refractivity contribution in [3.8, 4) is 28.4 Å². The predicted molar refractivity (Wildman–Crippen MR) is 198 cm³/mol. The number of hydrogen-bond acceptors (Lipinski definition) is 9. The van der Waals surface area contributed by atoms with E-state index in [0.717, 1.165) is 11.1 Å². The summed E-state index contributed by atoms with van der Waals surface area (Å²) in [5.41, 5.74) is 3.05. The van der Waals surface area contributed by atoms with Gasteiger partial charge in [-0.05, 0) is 103 Å². The highest BCUT2D eigenvalue weighted by Crippen LogP contribution is 2.37. The topological polar surface area (TPSA) is 145 Å². The Morgan fingerprint density at radius 2 is 1.11 bits per heavy atom. The molecule has 2 aliphatic rings. The maximum atomic E-state index is 13.2. The van der Waals surface area contributed by atoms with Crippen LogP contribution < -0.4 is 24.4 Å². The number of fused-ring (bicyclic) bond motifs is 1. The van der Waals surface area contributed by atoms with E-state index in [1.807, 2.05) is 24.3 Å². The molecule has 1 saturated heterocycles. The minimum atomic E-state index is -0.669. The van der Waals surface area contributed by atoms with Gasteiger partial charge in [0.15, 0.2) is 0 Å². The largest absolute Gasteiger partial charge is 0.427 e. The van der Waals surface area contributed by atoms with E-state index in [0.29, 0.717) is 35.7 Å². The number of carbonyl (C=O) groups excluding carboxylic acids is 6. The van der Waals surface area contributed by atoms with Crippen LogP contribution in [-0.2, 0) is 14.4 Å². The van der Waals surface area contributed by atoms with Gasteiger partial charge in [0.2, 0.25) is 11.8 Å². The quantitative estimate of drug-likeness (QED) is 0.0711. The summed E-state index contributed by atoms with van der Waals surface area (Å²) < 4.78 is 16.2. The Kier molecular flexibility index (Phi) is 9.94. The maximum absolute atomic E-state index is 13.2. The molecule has 0 bridgehead atoms. The van der Waals surface area contributed by atoms with E-state index in [1.54, 1.807) is 78.9 Å². The third kappa shape index (κ3) is 7.70. The van der Waals surface area contributed by atoms with Crippen LogP contribution in [0.15, 0.2) is 133 Å². The molecule has 0 saturated carbocycles. The number of nitrogens with one attached hydrogen (secondary N) is 1. The lowest BCUT2D eigenvalue weighted by molar-refractivity contribution is -0.132. The summed E-state index contributed by atoms with van der Waals surface area (Å²) >= 11 is 0. The highest BCUT2D eigenvalue weighted by molar-refractivity contribution is 6.22. The SMILES string of the molecule is CC(=O)Oc1ccc(-c2ccc(OC(=O)c3cccc(C(=O)Nc4cccc(OC(=O)c5ccc(N6C(=O)C7CC=CCC7C6=O)cc5)c4)c3)cc2)cc1. The molecule has 0 radical (unpaired) electrons. The second kappa shape index (κ2) is 15.2. The highest BCUT2D eigenvalue weighted by atomic mass is 16.5. The monoisotopic (exact) mass is 720 g/mol. The Morgan fingerprint density at radius 1 is 0.574 bits per heavy atom.